The van der Waals surface area contributed by atoms with E-state index >= 15 is 0 Å². The van der Waals surface area contributed by atoms with Gasteiger partial charge in [0, 0.05) is 11.8 Å². The van der Waals surface area contributed by atoms with Crippen LogP contribution < -0.4 is 0 Å². The zero-order chi connectivity index (χ0) is 24.6. The van der Waals surface area contributed by atoms with Crippen LogP contribution in [0.2, 0.25) is 0 Å². The minimum Gasteiger partial charge on any atom is -0.481 e. The summed E-state index contributed by atoms with van der Waals surface area (Å²) >= 11 is 0. The van der Waals surface area contributed by atoms with Crippen LogP contribution in [-0.2, 0) is 15.5 Å². The molecule has 0 aromatic heterocycles. The van der Waals surface area contributed by atoms with Crippen LogP contribution in [0.25, 0.3) is 10.8 Å². The van der Waals surface area contributed by atoms with Crippen LogP contribution >= 0.6 is 7.37 Å². The molecule has 3 rings (SSSR count). The number of carboxylic acid groups (broad SMARTS) is 1. The molecule has 0 radical (unpaired) electrons. The first-order valence-corrected chi connectivity index (χ1v) is 14.3. The molecule has 0 aliphatic carbocycles. The Balaban J connectivity index is 1.85. The predicted octanol–water partition coefficient (Wildman–Crippen LogP) is 7.84. The SMILES string of the molecule is CCCCCCC(C(CC(C)c1ccc2ccccc2c1)C(=O)O)P(=O)(O)Cc1ccccc1. The van der Waals surface area contributed by atoms with Crippen molar-refractivity contribution in [3.05, 3.63) is 83.9 Å². The van der Waals surface area contributed by atoms with Crippen LogP contribution in [0.3, 0.4) is 0 Å². The van der Waals surface area contributed by atoms with Gasteiger partial charge in [-0.25, -0.2) is 0 Å². The average Bonchev–Trinajstić information content (AvgIpc) is 2.82. The van der Waals surface area contributed by atoms with E-state index in [2.05, 4.69) is 31.2 Å². The van der Waals surface area contributed by atoms with Gasteiger partial charge in [0.15, 0.2) is 0 Å². The van der Waals surface area contributed by atoms with E-state index in [1.807, 2.05) is 55.5 Å². The van der Waals surface area contributed by atoms with Crippen molar-refractivity contribution >= 4 is 24.1 Å². The number of rotatable bonds is 13. The minimum atomic E-state index is -3.75. The van der Waals surface area contributed by atoms with E-state index in [0.29, 0.717) is 12.8 Å². The number of hydrogen-bond donors (Lipinski definition) is 2. The second kappa shape index (κ2) is 12.3. The molecule has 0 saturated carbocycles. The van der Waals surface area contributed by atoms with Gasteiger partial charge in [0.1, 0.15) is 0 Å². The van der Waals surface area contributed by atoms with Gasteiger partial charge in [0.05, 0.1) is 5.92 Å². The van der Waals surface area contributed by atoms with E-state index in [4.69, 9.17) is 0 Å². The quantitative estimate of drug-likeness (QED) is 0.193. The molecule has 4 nitrogen and oxygen atoms in total. The monoisotopic (exact) mass is 480 g/mol. The van der Waals surface area contributed by atoms with E-state index in [1.54, 1.807) is 0 Å². The Labute approximate surface area is 203 Å². The maximum absolute atomic E-state index is 13.7. The van der Waals surface area contributed by atoms with Crippen LogP contribution in [0, 0.1) is 5.92 Å². The van der Waals surface area contributed by atoms with E-state index in [9.17, 15) is 19.4 Å². The van der Waals surface area contributed by atoms with Crippen molar-refractivity contribution in [3.8, 4) is 0 Å². The Morgan fingerprint density at radius 1 is 0.912 bits per heavy atom. The molecule has 182 valence electrons. The molecule has 0 aliphatic heterocycles. The lowest BCUT2D eigenvalue weighted by Gasteiger charge is -2.30. The molecule has 3 aromatic carbocycles. The van der Waals surface area contributed by atoms with Gasteiger partial charge in [-0.2, -0.15) is 0 Å². The third-order valence-electron chi connectivity index (χ3n) is 6.86. The largest absolute Gasteiger partial charge is 0.481 e. The van der Waals surface area contributed by atoms with Crippen LogP contribution in [0.4, 0.5) is 0 Å². The van der Waals surface area contributed by atoms with Gasteiger partial charge in [0.2, 0.25) is 7.37 Å². The Hall–Kier alpha value is -2.42. The summed E-state index contributed by atoms with van der Waals surface area (Å²) in [5.74, 6) is -1.89. The normalized spacial score (nSPS) is 16.0. The number of aliphatic carboxylic acids is 1. The van der Waals surface area contributed by atoms with E-state index < -0.39 is 24.9 Å². The van der Waals surface area contributed by atoms with Gasteiger partial charge in [0.25, 0.3) is 0 Å². The van der Waals surface area contributed by atoms with Crippen molar-refractivity contribution in [2.45, 2.75) is 70.1 Å². The first-order valence-electron chi connectivity index (χ1n) is 12.4. The molecule has 0 spiro atoms. The molecular weight excluding hydrogens is 443 g/mol. The highest BCUT2D eigenvalue weighted by Crippen LogP contribution is 2.55. The van der Waals surface area contributed by atoms with Crippen LogP contribution in [-0.4, -0.2) is 21.6 Å². The summed E-state index contributed by atoms with van der Waals surface area (Å²) in [7, 11) is -3.75. The molecule has 0 bridgehead atoms. The molecule has 0 fully saturated rings. The van der Waals surface area contributed by atoms with Crippen molar-refractivity contribution in [1.29, 1.82) is 0 Å². The van der Waals surface area contributed by atoms with Gasteiger partial charge in [-0.1, -0.05) is 112 Å². The lowest BCUT2D eigenvalue weighted by atomic mass is 9.86. The summed E-state index contributed by atoms with van der Waals surface area (Å²) in [6, 6.07) is 23.6. The van der Waals surface area contributed by atoms with E-state index in [1.165, 1.54) is 0 Å². The van der Waals surface area contributed by atoms with Gasteiger partial charge < -0.3 is 10.00 Å². The number of benzene rings is 3. The fourth-order valence-electron chi connectivity index (χ4n) is 4.88. The van der Waals surface area contributed by atoms with Crippen LogP contribution in [0.5, 0.6) is 0 Å². The second-order valence-corrected chi connectivity index (χ2v) is 12.0. The second-order valence-electron chi connectivity index (χ2n) is 9.50. The third-order valence-corrected chi connectivity index (χ3v) is 9.33. The smallest absolute Gasteiger partial charge is 0.307 e. The van der Waals surface area contributed by atoms with E-state index in [0.717, 1.165) is 47.6 Å². The number of carboxylic acids is 1. The summed E-state index contributed by atoms with van der Waals surface area (Å²) in [6.45, 7) is 4.14. The summed E-state index contributed by atoms with van der Waals surface area (Å²) < 4.78 is 13.7. The van der Waals surface area contributed by atoms with Crippen LogP contribution in [0.15, 0.2) is 72.8 Å². The number of carbonyl (C=O) groups is 1. The number of unbranched alkanes of at least 4 members (excludes halogenated alkanes) is 3. The molecule has 2 N–H and O–H groups in total. The highest BCUT2D eigenvalue weighted by atomic mass is 31.2. The highest BCUT2D eigenvalue weighted by Gasteiger charge is 2.41. The lowest BCUT2D eigenvalue weighted by Crippen LogP contribution is -2.30. The summed E-state index contributed by atoms with van der Waals surface area (Å²) in [4.78, 5) is 23.7. The van der Waals surface area contributed by atoms with Gasteiger partial charge in [-0.05, 0) is 40.7 Å². The summed E-state index contributed by atoms with van der Waals surface area (Å²) in [6.07, 6.45) is 4.64. The number of fused-ring (bicyclic) bond motifs is 1. The molecule has 3 aromatic rings. The molecular formula is C29H37O4P. The topological polar surface area (TPSA) is 74.6 Å². The van der Waals surface area contributed by atoms with Gasteiger partial charge >= 0.3 is 5.97 Å². The molecule has 34 heavy (non-hydrogen) atoms. The van der Waals surface area contributed by atoms with Gasteiger partial charge in [-0.15, -0.1) is 0 Å². The molecule has 0 amide bonds. The molecule has 0 saturated heterocycles. The average molecular weight is 481 g/mol. The maximum atomic E-state index is 13.7. The van der Waals surface area contributed by atoms with Crippen molar-refractivity contribution in [2.75, 3.05) is 0 Å². The summed E-state index contributed by atoms with van der Waals surface area (Å²) in [5.41, 5.74) is 1.08. The van der Waals surface area contributed by atoms with Crippen molar-refractivity contribution in [2.24, 2.45) is 5.92 Å². The predicted molar refractivity (Wildman–Crippen MR) is 141 cm³/mol. The molecule has 4 atom stereocenters. The Kier molecular flexibility index (Phi) is 9.50. The summed E-state index contributed by atoms with van der Waals surface area (Å²) in [5, 5.41) is 12.5. The third kappa shape index (κ3) is 7.04. The zero-order valence-electron chi connectivity index (χ0n) is 20.3. The first kappa shape index (κ1) is 26.2. The Morgan fingerprint density at radius 2 is 1.59 bits per heavy atom. The molecule has 0 aliphatic rings. The van der Waals surface area contributed by atoms with Gasteiger partial charge in [-0.3, -0.25) is 9.36 Å². The fourth-order valence-corrected chi connectivity index (χ4v) is 7.25. The van der Waals surface area contributed by atoms with E-state index in [-0.39, 0.29) is 12.1 Å². The zero-order valence-corrected chi connectivity index (χ0v) is 21.2. The Bertz CT molecular complexity index is 1110. The molecule has 5 heteroatoms. The van der Waals surface area contributed by atoms with Crippen molar-refractivity contribution < 1.29 is 19.4 Å². The first-order chi connectivity index (χ1) is 16.3. The Morgan fingerprint density at radius 3 is 2.26 bits per heavy atom. The number of hydrogen-bond acceptors (Lipinski definition) is 2. The van der Waals surface area contributed by atoms with Crippen molar-refractivity contribution in [1.82, 2.24) is 0 Å². The van der Waals surface area contributed by atoms with Crippen molar-refractivity contribution in [3.63, 3.8) is 0 Å². The lowest BCUT2D eigenvalue weighted by molar-refractivity contribution is -0.142. The standard InChI is InChI=1S/C29H37O4P/c1-3-4-5-9-16-28(34(32,33)21-23-12-7-6-8-13-23)27(29(30)31)19-22(2)25-18-17-24-14-10-11-15-26(24)20-25/h6-8,10-15,17-18,20,22,27-28H,3-5,9,16,19,21H2,1-2H3,(H,30,31)(H,32,33). The minimum absolute atomic E-state index is 0.0143. The molecule has 4 unspecified atom stereocenters. The highest BCUT2D eigenvalue weighted by molar-refractivity contribution is 7.58. The molecule has 0 heterocycles. The fraction of sp³-hybridized carbons (Fsp3) is 0.414. The van der Waals surface area contributed by atoms with Crippen LogP contribution in [0.1, 0.15) is 69.4 Å². The maximum Gasteiger partial charge on any atom is 0.307 e.